The maximum Gasteiger partial charge on any atom is 0.325 e. The van der Waals surface area contributed by atoms with Gasteiger partial charge in [0.15, 0.2) is 0 Å². The molecule has 0 aliphatic rings. The Labute approximate surface area is 325 Å². The molecule has 0 saturated heterocycles. The van der Waals surface area contributed by atoms with Crippen molar-refractivity contribution >= 4 is 47.4 Å². The Hall–Kier alpha value is -4.92. The van der Waals surface area contributed by atoms with E-state index in [1.807, 2.05) is 0 Å². The van der Waals surface area contributed by atoms with Gasteiger partial charge in [0.2, 0.25) is 23.6 Å². The largest absolute Gasteiger partial charge is 0.480 e. The average molecular weight is 805 g/mol. The van der Waals surface area contributed by atoms with Gasteiger partial charge in [-0.1, -0.05) is 0 Å². The zero-order chi connectivity index (χ0) is 42.1. The van der Waals surface area contributed by atoms with Crippen molar-refractivity contribution in [2.75, 3.05) is 92.4 Å². The normalized spacial score (nSPS) is 12.7. The summed E-state index contributed by atoms with van der Waals surface area (Å²) in [5.41, 5.74) is 0. The molecule has 0 rings (SSSR count). The van der Waals surface area contributed by atoms with Gasteiger partial charge >= 0.3 is 11.9 Å². The quantitative estimate of drug-likeness (QED) is 0.0240. The van der Waals surface area contributed by atoms with E-state index in [0.29, 0.717) is 0 Å². The van der Waals surface area contributed by atoms with E-state index >= 15 is 0 Å². The van der Waals surface area contributed by atoms with Gasteiger partial charge in [-0.05, 0) is 27.7 Å². The summed E-state index contributed by atoms with van der Waals surface area (Å²) >= 11 is 0. The zero-order valence-corrected chi connectivity index (χ0v) is 32.2. The summed E-state index contributed by atoms with van der Waals surface area (Å²) in [6, 6.07) is -3.95. The highest BCUT2D eigenvalue weighted by Crippen LogP contribution is 1.93. The monoisotopic (exact) mass is 804 g/mol. The van der Waals surface area contributed by atoms with Gasteiger partial charge in [0.05, 0.1) is 79.3 Å². The van der Waals surface area contributed by atoms with Crippen LogP contribution in [-0.2, 0) is 66.8 Å². The first-order chi connectivity index (χ1) is 26.6. The van der Waals surface area contributed by atoms with Crippen LogP contribution < -0.4 is 31.9 Å². The second kappa shape index (κ2) is 32.3. The highest BCUT2D eigenvalue weighted by molar-refractivity contribution is 6.02. The predicted molar refractivity (Wildman–Crippen MR) is 194 cm³/mol. The molecular weight excluding hydrogens is 748 g/mol. The molecule has 4 unspecified atom stereocenters. The second-order valence-corrected chi connectivity index (χ2v) is 11.7. The van der Waals surface area contributed by atoms with E-state index in [0.717, 1.165) is 0 Å². The molecule has 0 aromatic heterocycles. The van der Waals surface area contributed by atoms with Crippen molar-refractivity contribution in [2.24, 2.45) is 0 Å². The third-order valence-corrected chi connectivity index (χ3v) is 6.79. The molecule has 0 aliphatic carbocycles. The standard InChI is InChI=1S/C34H56N6O16/c1-23(31(45)39-25(3)33(47)48)37-29(43)7-11-51-15-19-55-21-17-53-13-9-35-27(41)5-6-28(42)36-10-14-54-18-22-56-20-16-52-12-8-30(44)38-24(2)32(46)40-26(4)34(49)50/h23-26H,7-22H2,1-4H3,(H,35,41)(H,36,42)(H,37,43)(H,38,44)(H,39,45)(H,40,46)(H,47,48)(H,49,50). The van der Waals surface area contributed by atoms with E-state index in [1.54, 1.807) is 0 Å². The van der Waals surface area contributed by atoms with Crippen molar-refractivity contribution in [1.82, 2.24) is 31.9 Å². The lowest BCUT2D eigenvalue weighted by Gasteiger charge is -2.16. The number of carbonyl (C=O) groups is 8. The lowest BCUT2D eigenvalue weighted by molar-refractivity contribution is -0.142. The second-order valence-electron chi connectivity index (χ2n) is 11.7. The lowest BCUT2D eigenvalue weighted by Crippen LogP contribution is -2.49. The lowest BCUT2D eigenvalue weighted by atomic mass is 10.2. The summed E-state index contributed by atoms with van der Waals surface area (Å²) in [5, 5.41) is 32.0. The van der Waals surface area contributed by atoms with Gasteiger partial charge in [0.1, 0.15) is 24.2 Å². The molecule has 0 aromatic rings. The Morgan fingerprint density at radius 2 is 0.714 bits per heavy atom. The van der Waals surface area contributed by atoms with Crippen LogP contribution in [0.1, 0.15) is 40.5 Å². The maximum atomic E-state index is 11.9. The molecule has 0 radical (unpaired) electrons. The van der Waals surface area contributed by atoms with E-state index in [-0.39, 0.29) is 105 Å². The molecule has 0 saturated carbocycles. The minimum absolute atomic E-state index is 0.00396. The molecule has 0 spiro atoms. The van der Waals surface area contributed by atoms with E-state index in [9.17, 15) is 38.4 Å². The van der Waals surface area contributed by atoms with Gasteiger partial charge in [-0.2, -0.15) is 0 Å². The van der Waals surface area contributed by atoms with Gasteiger partial charge in [-0.25, -0.2) is 0 Å². The van der Waals surface area contributed by atoms with Crippen LogP contribution in [-0.4, -0.2) is 174 Å². The summed E-state index contributed by atoms with van der Waals surface area (Å²) in [6.07, 6.45) is 0.00792. The molecule has 0 bridgehead atoms. The van der Waals surface area contributed by atoms with Crippen molar-refractivity contribution in [3.63, 3.8) is 0 Å². The Balaban J connectivity index is 3.64. The van der Waals surface area contributed by atoms with E-state index in [4.69, 9.17) is 38.6 Å². The Morgan fingerprint density at radius 1 is 0.429 bits per heavy atom. The number of ether oxygens (including phenoxy) is 6. The van der Waals surface area contributed by atoms with Crippen LogP contribution in [0.25, 0.3) is 0 Å². The number of hydrogen-bond acceptors (Lipinski definition) is 14. The van der Waals surface area contributed by atoms with E-state index < -0.39 is 71.5 Å². The maximum absolute atomic E-state index is 11.9. The topological polar surface area (TPSA) is 305 Å². The van der Waals surface area contributed by atoms with E-state index in [1.165, 1.54) is 27.7 Å². The van der Waals surface area contributed by atoms with Crippen LogP contribution in [0, 0.1) is 11.8 Å². The van der Waals surface area contributed by atoms with E-state index in [2.05, 4.69) is 43.7 Å². The molecule has 318 valence electrons. The number of carboxylic acid groups (broad SMARTS) is 2. The molecular formula is C34H56N6O16. The fourth-order valence-corrected chi connectivity index (χ4v) is 3.65. The van der Waals surface area contributed by atoms with Gasteiger partial charge < -0.3 is 70.5 Å². The number of rotatable bonds is 32. The van der Waals surface area contributed by atoms with Crippen LogP contribution >= 0.6 is 0 Å². The number of hydrogen-bond donors (Lipinski definition) is 8. The minimum Gasteiger partial charge on any atom is -0.480 e. The third-order valence-electron chi connectivity index (χ3n) is 6.79. The molecule has 0 fully saturated rings. The van der Waals surface area contributed by atoms with Crippen LogP contribution in [0.4, 0.5) is 0 Å². The van der Waals surface area contributed by atoms with Crippen molar-refractivity contribution < 1.29 is 77.0 Å². The number of carbonyl (C=O) groups excluding carboxylic acids is 6. The SMILES string of the molecule is CC(NC(=O)C(C)NC(=O)CCOCCOCCOCCNC(=O)C#CC(=O)NCCOCCOCCOCCC(=O)NC(C)C(=O)NC(C)C(=O)O)C(=O)O. The molecule has 22 nitrogen and oxygen atoms in total. The highest BCUT2D eigenvalue weighted by atomic mass is 16.5. The fourth-order valence-electron chi connectivity index (χ4n) is 3.65. The van der Waals surface area contributed by atoms with Crippen molar-refractivity contribution in [3.8, 4) is 11.8 Å². The van der Waals surface area contributed by atoms with Crippen LogP contribution in [0.3, 0.4) is 0 Å². The smallest absolute Gasteiger partial charge is 0.325 e. The van der Waals surface area contributed by atoms with Gasteiger partial charge in [0.25, 0.3) is 11.8 Å². The summed E-state index contributed by atoms with van der Waals surface area (Å²) in [4.78, 5) is 92.6. The summed E-state index contributed by atoms with van der Waals surface area (Å²) in [7, 11) is 0. The number of carboxylic acids is 2. The van der Waals surface area contributed by atoms with Crippen LogP contribution in [0.5, 0.6) is 0 Å². The van der Waals surface area contributed by atoms with Crippen molar-refractivity contribution in [3.05, 3.63) is 0 Å². The first kappa shape index (κ1) is 51.1. The van der Waals surface area contributed by atoms with Gasteiger partial charge in [-0.3, -0.25) is 38.4 Å². The van der Waals surface area contributed by atoms with Gasteiger partial charge in [-0.15, -0.1) is 0 Å². The zero-order valence-electron chi connectivity index (χ0n) is 32.2. The molecule has 56 heavy (non-hydrogen) atoms. The Kier molecular flexibility index (Phi) is 29.5. The molecule has 0 aromatic carbocycles. The van der Waals surface area contributed by atoms with Crippen molar-refractivity contribution in [1.29, 1.82) is 0 Å². The molecule has 8 N–H and O–H groups in total. The number of nitrogens with one attached hydrogen (secondary N) is 6. The Bertz CT molecular complexity index is 1210. The Morgan fingerprint density at radius 3 is 1.02 bits per heavy atom. The first-order valence-electron chi connectivity index (χ1n) is 17.8. The number of aliphatic carboxylic acids is 2. The first-order valence-corrected chi connectivity index (χ1v) is 17.8. The molecule has 4 atom stereocenters. The number of amides is 6. The van der Waals surface area contributed by atoms with Crippen LogP contribution in [0.2, 0.25) is 0 Å². The fraction of sp³-hybridized carbons (Fsp3) is 0.706. The molecule has 0 aliphatic heterocycles. The highest BCUT2D eigenvalue weighted by Gasteiger charge is 2.21. The third kappa shape index (κ3) is 29.4. The minimum atomic E-state index is -1.19. The summed E-state index contributed by atoms with van der Waals surface area (Å²) in [6.45, 7) is 8.39. The van der Waals surface area contributed by atoms with Crippen molar-refractivity contribution in [2.45, 2.75) is 64.7 Å². The molecule has 22 heteroatoms. The molecule has 0 heterocycles. The summed E-state index contributed by atoms with van der Waals surface area (Å²) < 4.78 is 32.0. The van der Waals surface area contributed by atoms with Gasteiger partial charge in [0, 0.05) is 37.8 Å². The molecule has 6 amide bonds. The average Bonchev–Trinajstić information content (AvgIpc) is 3.14. The predicted octanol–water partition coefficient (Wildman–Crippen LogP) is -3.71. The van der Waals surface area contributed by atoms with Crippen LogP contribution in [0.15, 0.2) is 0 Å². The summed E-state index contributed by atoms with van der Waals surface area (Å²) in [5.74, 6) is -1.41.